The number of fused-ring (bicyclic) bond motifs is 1. The number of benzene rings is 3. The van der Waals surface area contributed by atoms with E-state index in [1.807, 2.05) is 60.7 Å². The Labute approximate surface area is 206 Å². The monoisotopic (exact) mass is 487 g/mol. The molecular weight excluding hydrogens is 464 g/mol. The van der Waals surface area contributed by atoms with E-state index in [2.05, 4.69) is 10.6 Å². The molecule has 2 heterocycles. The van der Waals surface area contributed by atoms with Gasteiger partial charge in [-0.3, -0.25) is 4.79 Å². The third-order valence-corrected chi connectivity index (χ3v) is 6.00. The number of halogens is 2. The Hall–Kier alpha value is -4.53. The Kier molecular flexibility index (Phi) is 6.44. The number of nitrogens with one attached hydrogen (secondary N) is 2. The number of urea groups is 1. The predicted octanol–water partition coefficient (Wildman–Crippen LogP) is 4.71. The lowest BCUT2D eigenvalue weighted by atomic mass is 10.1. The number of aromatic nitrogens is 2. The lowest BCUT2D eigenvalue weighted by Gasteiger charge is -2.29. The predicted molar refractivity (Wildman–Crippen MR) is 133 cm³/mol. The number of hydrogen-bond acceptors (Lipinski definition) is 4. The SMILES string of the molecule is O=C(Nc1ccc(F)c(F)c1)N1CCc2nc(NCc3ccccc3)n(-c3ccccc3)c(=O)c2C1. The van der Waals surface area contributed by atoms with Crippen LogP contribution >= 0.6 is 0 Å². The number of para-hydroxylation sites is 1. The van der Waals surface area contributed by atoms with Crippen LogP contribution in [0.5, 0.6) is 0 Å². The number of hydrogen-bond donors (Lipinski definition) is 2. The Morgan fingerprint density at radius 2 is 1.67 bits per heavy atom. The second-order valence-corrected chi connectivity index (χ2v) is 8.41. The summed E-state index contributed by atoms with van der Waals surface area (Å²) in [6, 6.07) is 21.6. The van der Waals surface area contributed by atoms with E-state index in [9.17, 15) is 18.4 Å². The fraction of sp³-hybridized carbons (Fsp3) is 0.148. The van der Waals surface area contributed by atoms with E-state index in [1.165, 1.54) is 15.5 Å². The maximum atomic E-state index is 13.7. The molecule has 0 saturated carbocycles. The number of carbonyl (C=O) groups excluding carboxylic acids is 1. The molecular formula is C27H23F2N5O2. The average Bonchev–Trinajstić information content (AvgIpc) is 2.90. The van der Waals surface area contributed by atoms with Crippen LogP contribution in [0.25, 0.3) is 5.69 Å². The molecule has 3 aromatic carbocycles. The van der Waals surface area contributed by atoms with Crippen molar-refractivity contribution < 1.29 is 13.6 Å². The fourth-order valence-electron chi connectivity index (χ4n) is 4.14. The minimum atomic E-state index is -1.05. The van der Waals surface area contributed by atoms with Gasteiger partial charge in [0.25, 0.3) is 5.56 Å². The van der Waals surface area contributed by atoms with Crippen molar-refractivity contribution in [2.75, 3.05) is 17.2 Å². The molecule has 0 saturated heterocycles. The molecule has 9 heteroatoms. The first kappa shape index (κ1) is 23.2. The van der Waals surface area contributed by atoms with Crippen LogP contribution in [-0.4, -0.2) is 27.0 Å². The summed E-state index contributed by atoms with van der Waals surface area (Å²) in [6.45, 7) is 0.854. The van der Waals surface area contributed by atoms with Crippen molar-refractivity contribution >= 4 is 17.7 Å². The summed E-state index contributed by atoms with van der Waals surface area (Å²) in [4.78, 5) is 32.7. The molecule has 1 aromatic heterocycles. The van der Waals surface area contributed by atoms with Crippen molar-refractivity contribution in [1.82, 2.24) is 14.5 Å². The van der Waals surface area contributed by atoms with E-state index in [4.69, 9.17) is 4.98 Å². The Balaban J connectivity index is 1.44. The number of carbonyl (C=O) groups is 1. The van der Waals surface area contributed by atoms with Gasteiger partial charge in [-0.05, 0) is 29.8 Å². The van der Waals surface area contributed by atoms with Crippen molar-refractivity contribution in [2.24, 2.45) is 0 Å². The molecule has 36 heavy (non-hydrogen) atoms. The molecule has 4 aromatic rings. The van der Waals surface area contributed by atoms with E-state index in [0.717, 1.165) is 17.7 Å². The van der Waals surface area contributed by atoms with E-state index in [-0.39, 0.29) is 17.8 Å². The van der Waals surface area contributed by atoms with Crippen molar-refractivity contribution in [3.63, 3.8) is 0 Å². The molecule has 182 valence electrons. The first-order chi connectivity index (χ1) is 17.5. The van der Waals surface area contributed by atoms with Gasteiger partial charge in [0.15, 0.2) is 11.6 Å². The molecule has 0 bridgehead atoms. The summed E-state index contributed by atoms with van der Waals surface area (Å²) in [7, 11) is 0. The van der Waals surface area contributed by atoms with Crippen molar-refractivity contribution in [3.05, 3.63) is 118 Å². The van der Waals surface area contributed by atoms with E-state index < -0.39 is 17.7 Å². The van der Waals surface area contributed by atoms with Gasteiger partial charge in [-0.1, -0.05) is 48.5 Å². The Morgan fingerprint density at radius 1 is 0.944 bits per heavy atom. The van der Waals surface area contributed by atoms with Gasteiger partial charge in [-0.25, -0.2) is 23.1 Å². The molecule has 0 radical (unpaired) electrons. The number of amides is 2. The first-order valence-electron chi connectivity index (χ1n) is 11.5. The topological polar surface area (TPSA) is 79.3 Å². The van der Waals surface area contributed by atoms with Crippen LogP contribution in [0.2, 0.25) is 0 Å². The maximum absolute atomic E-state index is 13.7. The molecule has 0 fully saturated rings. The summed E-state index contributed by atoms with van der Waals surface area (Å²) in [5, 5.41) is 5.85. The van der Waals surface area contributed by atoms with Gasteiger partial charge in [0.05, 0.1) is 23.5 Å². The summed E-state index contributed by atoms with van der Waals surface area (Å²) >= 11 is 0. The quantitative estimate of drug-likeness (QED) is 0.427. The molecule has 0 unspecified atom stereocenters. The van der Waals surface area contributed by atoms with Gasteiger partial charge < -0.3 is 15.5 Å². The zero-order chi connectivity index (χ0) is 25.1. The van der Waals surface area contributed by atoms with Crippen molar-refractivity contribution in [1.29, 1.82) is 0 Å². The van der Waals surface area contributed by atoms with Gasteiger partial charge in [0, 0.05) is 31.3 Å². The molecule has 1 aliphatic heterocycles. The minimum absolute atomic E-state index is 0.0441. The number of nitrogens with zero attached hydrogens (tertiary/aromatic N) is 3. The number of rotatable bonds is 5. The van der Waals surface area contributed by atoms with E-state index >= 15 is 0 Å². The highest BCUT2D eigenvalue weighted by Crippen LogP contribution is 2.21. The van der Waals surface area contributed by atoms with Crippen molar-refractivity contribution in [3.8, 4) is 5.69 Å². The van der Waals surface area contributed by atoms with Gasteiger partial charge in [-0.15, -0.1) is 0 Å². The lowest BCUT2D eigenvalue weighted by molar-refractivity contribution is 0.205. The van der Waals surface area contributed by atoms with Crippen molar-refractivity contribution in [2.45, 2.75) is 19.5 Å². The van der Waals surface area contributed by atoms with Crippen LogP contribution in [-0.2, 0) is 19.5 Å². The van der Waals surface area contributed by atoms with Crippen LogP contribution in [0.15, 0.2) is 83.7 Å². The van der Waals surface area contributed by atoms with Gasteiger partial charge in [0.1, 0.15) is 0 Å². The zero-order valence-corrected chi connectivity index (χ0v) is 19.2. The average molecular weight is 488 g/mol. The third-order valence-electron chi connectivity index (χ3n) is 6.00. The second kappa shape index (κ2) is 9.99. The van der Waals surface area contributed by atoms with Crippen LogP contribution in [0, 0.1) is 11.6 Å². The molecule has 7 nitrogen and oxygen atoms in total. The molecule has 2 N–H and O–H groups in total. The highest BCUT2D eigenvalue weighted by Gasteiger charge is 2.27. The Morgan fingerprint density at radius 3 is 2.39 bits per heavy atom. The van der Waals surface area contributed by atoms with Gasteiger partial charge >= 0.3 is 6.03 Å². The molecule has 0 atom stereocenters. The highest BCUT2D eigenvalue weighted by atomic mass is 19.2. The second-order valence-electron chi connectivity index (χ2n) is 8.41. The normalized spacial score (nSPS) is 12.7. The van der Waals surface area contributed by atoms with E-state index in [1.54, 1.807) is 0 Å². The molecule has 0 spiro atoms. The van der Waals surface area contributed by atoms with Crippen LogP contribution < -0.4 is 16.2 Å². The van der Waals surface area contributed by atoms with Crippen LogP contribution in [0.3, 0.4) is 0 Å². The summed E-state index contributed by atoms with van der Waals surface area (Å²) in [5.41, 5.74) is 2.59. The maximum Gasteiger partial charge on any atom is 0.322 e. The lowest BCUT2D eigenvalue weighted by Crippen LogP contribution is -2.43. The smallest absolute Gasteiger partial charge is 0.322 e. The molecule has 2 amide bonds. The minimum Gasteiger partial charge on any atom is -0.351 e. The molecule has 1 aliphatic rings. The summed E-state index contributed by atoms with van der Waals surface area (Å²) in [5.74, 6) is -1.63. The highest BCUT2D eigenvalue weighted by molar-refractivity contribution is 5.89. The van der Waals surface area contributed by atoms with Gasteiger partial charge in [-0.2, -0.15) is 0 Å². The number of anilines is 2. The van der Waals surface area contributed by atoms with Gasteiger partial charge in [0.2, 0.25) is 5.95 Å². The summed E-state index contributed by atoms with van der Waals surface area (Å²) < 4.78 is 28.3. The zero-order valence-electron chi connectivity index (χ0n) is 19.2. The van der Waals surface area contributed by atoms with Crippen LogP contribution in [0.1, 0.15) is 16.8 Å². The molecule has 0 aliphatic carbocycles. The largest absolute Gasteiger partial charge is 0.351 e. The third kappa shape index (κ3) is 4.81. The molecule has 5 rings (SSSR count). The first-order valence-corrected chi connectivity index (χ1v) is 11.5. The fourth-order valence-corrected chi connectivity index (χ4v) is 4.14. The standard InChI is InChI=1S/C27H23F2N5O2/c28-22-12-11-19(15-23(22)29)31-27(36)33-14-13-24-21(17-33)25(35)34(20-9-5-2-6-10-20)26(32-24)30-16-18-7-3-1-4-8-18/h1-12,15H,13-14,16-17H2,(H,30,32)(H,31,36). The van der Waals surface area contributed by atoms with E-state index in [0.29, 0.717) is 42.4 Å². The Bertz CT molecular complexity index is 1460. The summed E-state index contributed by atoms with van der Waals surface area (Å²) in [6.07, 6.45) is 0.380. The van der Waals surface area contributed by atoms with Crippen LogP contribution in [0.4, 0.5) is 25.2 Å².